The summed E-state index contributed by atoms with van der Waals surface area (Å²) in [4.78, 5) is 3.79. The molecule has 124 valence electrons. The molecule has 7 heteroatoms. The Morgan fingerprint density at radius 3 is 2.33 bits per heavy atom. The molecular formula is C14H26F3N3O. The van der Waals surface area contributed by atoms with Crippen LogP contribution in [0.15, 0.2) is 0 Å². The standard InChI is InChI=1S/C14H26F3N3O/c1-2-18-9-13(3-8-21-12-13)10-19-4-6-20(7-5-19)11-14(15,16)17/h18H,2-12H2,1H3. The number of alkyl halides is 3. The lowest BCUT2D eigenvalue weighted by Crippen LogP contribution is -2.53. The Balaban J connectivity index is 1.79. The van der Waals surface area contributed by atoms with Crippen LogP contribution in [-0.2, 0) is 4.74 Å². The van der Waals surface area contributed by atoms with E-state index in [0.717, 1.165) is 39.3 Å². The molecule has 2 saturated heterocycles. The molecule has 2 aliphatic rings. The Morgan fingerprint density at radius 1 is 1.14 bits per heavy atom. The topological polar surface area (TPSA) is 27.7 Å². The molecule has 4 nitrogen and oxygen atoms in total. The zero-order valence-corrected chi connectivity index (χ0v) is 12.7. The molecule has 0 aliphatic carbocycles. The molecule has 2 aliphatic heterocycles. The van der Waals surface area contributed by atoms with E-state index in [1.807, 2.05) is 0 Å². The number of piperazine rings is 1. The van der Waals surface area contributed by atoms with E-state index in [4.69, 9.17) is 4.74 Å². The maximum absolute atomic E-state index is 12.4. The van der Waals surface area contributed by atoms with E-state index in [0.29, 0.717) is 26.2 Å². The molecule has 0 saturated carbocycles. The monoisotopic (exact) mass is 309 g/mol. The van der Waals surface area contributed by atoms with Crippen LogP contribution in [0.4, 0.5) is 13.2 Å². The van der Waals surface area contributed by atoms with Crippen LogP contribution < -0.4 is 5.32 Å². The van der Waals surface area contributed by atoms with Gasteiger partial charge in [0.15, 0.2) is 0 Å². The van der Waals surface area contributed by atoms with Crippen LogP contribution in [0.1, 0.15) is 13.3 Å². The molecule has 2 fully saturated rings. The number of nitrogens with zero attached hydrogens (tertiary/aromatic N) is 2. The number of ether oxygens (including phenoxy) is 1. The van der Waals surface area contributed by atoms with Crippen LogP contribution in [0.25, 0.3) is 0 Å². The average Bonchev–Trinajstić information content (AvgIpc) is 2.86. The van der Waals surface area contributed by atoms with E-state index in [1.54, 1.807) is 0 Å². The zero-order valence-electron chi connectivity index (χ0n) is 12.7. The minimum Gasteiger partial charge on any atom is -0.381 e. The van der Waals surface area contributed by atoms with Crippen LogP contribution in [0.3, 0.4) is 0 Å². The van der Waals surface area contributed by atoms with Crippen LogP contribution in [0.2, 0.25) is 0 Å². The molecule has 0 radical (unpaired) electrons. The molecule has 0 aromatic rings. The summed E-state index contributed by atoms with van der Waals surface area (Å²) in [5.41, 5.74) is 0.127. The summed E-state index contributed by atoms with van der Waals surface area (Å²) in [6.07, 6.45) is -3.06. The van der Waals surface area contributed by atoms with Gasteiger partial charge < -0.3 is 15.0 Å². The largest absolute Gasteiger partial charge is 0.401 e. The van der Waals surface area contributed by atoms with E-state index >= 15 is 0 Å². The van der Waals surface area contributed by atoms with E-state index in [2.05, 4.69) is 17.1 Å². The van der Waals surface area contributed by atoms with Gasteiger partial charge in [-0.25, -0.2) is 0 Å². The Labute approximate surface area is 124 Å². The van der Waals surface area contributed by atoms with E-state index < -0.39 is 12.7 Å². The summed E-state index contributed by atoms with van der Waals surface area (Å²) in [6, 6.07) is 0. The summed E-state index contributed by atoms with van der Waals surface area (Å²) in [5.74, 6) is 0. The molecule has 2 heterocycles. The van der Waals surface area contributed by atoms with Crippen molar-refractivity contribution in [1.29, 1.82) is 0 Å². The van der Waals surface area contributed by atoms with Gasteiger partial charge in [-0.2, -0.15) is 13.2 Å². The molecule has 21 heavy (non-hydrogen) atoms. The van der Waals surface area contributed by atoms with Gasteiger partial charge in [-0.05, 0) is 13.0 Å². The predicted octanol–water partition coefficient (Wildman–Crippen LogP) is 1.18. The second kappa shape index (κ2) is 7.26. The van der Waals surface area contributed by atoms with Crippen molar-refractivity contribution < 1.29 is 17.9 Å². The van der Waals surface area contributed by atoms with Crippen LogP contribution >= 0.6 is 0 Å². The van der Waals surface area contributed by atoms with Crippen molar-refractivity contribution in [3.8, 4) is 0 Å². The molecule has 2 rings (SSSR count). The van der Waals surface area contributed by atoms with Crippen molar-refractivity contribution in [2.24, 2.45) is 5.41 Å². The summed E-state index contributed by atoms with van der Waals surface area (Å²) < 4.78 is 42.7. The molecule has 0 aromatic carbocycles. The molecule has 1 unspecified atom stereocenters. The third kappa shape index (κ3) is 5.39. The van der Waals surface area contributed by atoms with Gasteiger partial charge in [0, 0.05) is 51.3 Å². The number of halogens is 3. The van der Waals surface area contributed by atoms with Crippen LogP contribution in [-0.4, -0.2) is 81.5 Å². The van der Waals surface area contributed by atoms with Crippen molar-refractivity contribution in [3.05, 3.63) is 0 Å². The molecule has 0 spiro atoms. The van der Waals surface area contributed by atoms with E-state index in [9.17, 15) is 13.2 Å². The van der Waals surface area contributed by atoms with Crippen LogP contribution in [0.5, 0.6) is 0 Å². The first kappa shape index (κ1) is 17.0. The normalized spacial score (nSPS) is 29.1. The van der Waals surface area contributed by atoms with Gasteiger partial charge in [0.2, 0.25) is 0 Å². The van der Waals surface area contributed by atoms with Gasteiger partial charge >= 0.3 is 6.18 Å². The highest BCUT2D eigenvalue weighted by Gasteiger charge is 2.38. The summed E-state index contributed by atoms with van der Waals surface area (Å²) in [7, 11) is 0. The highest BCUT2D eigenvalue weighted by molar-refractivity contribution is 4.89. The van der Waals surface area contributed by atoms with Crippen molar-refractivity contribution >= 4 is 0 Å². The van der Waals surface area contributed by atoms with Crippen molar-refractivity contribution in [3.63, 3.8) is 0 Å². The summed E-state index contributed by atoms with van der Waals surface area (Å²) in [6.45, 7) is 8.03. The lowest BCUT2D eigenvalue weighted by molar-refractivity contribution is -0.149. The van der Waals surface area contributed by atoms with Gasteiger partial charge in [0.05, 0.1) is 13.2 Å². The first-order valence-electron chi connectivity index (χ1n) is 7.72. The third-order valence-corrected chi connectivity index (χ3v) is 4.36. The van der Waals surface area contributed by atoms with Gasteiger partial charge in [0.25, 0.3) is 0 Å². The average molecular weight is 309 g/mol. The molecule has 1 atom stereocenters. The predicted molar refractivity (Wildman–Crippen MR) is 75.3 cm³/mol. The fraction of sp³-hybridized carbons (Fsp3) is 1.00. The van der Waals surface area contributed by atoms with Crippen molar-refractivity contribution in [2.75, 3.05) is 65.6 Å². The number of rotatable bonds is 6. The fourth-order valence-electron chi connectivity index (χ4n) is 3.19. The second-order valence-corrected chi connectivity index (χ2v) is 6.25. The minimum absolute atomic E-state index is 0.127. The van der Waals surface area contributed by atoms with E-state index in [1.165, 1.54) is 4.90 Å². The first-order chi connectivity index (χ1) is 9.92. The van der Waals surface area contributed by atoms with Gasteiger partial charge in [-0.3, -0.25) is 4.90 Å². The van der Waals surface area contributed by atoms with Crippen molar-refractivity contribution in [2.45, 2.75) is 19.5 Å². The lowest BCUT2D eigenvalue weighted by Gasteiger charge is -2.40. The fourth-order valence-corrected chi connectivity index (χ4v) is 3.19. The highest BCUT2D eigenvalue weighted by atomic mass is 19.4. The number of hydrogen-bond acceptors (Lipinski definition) is 4. The number of nitrogens with one attached hydrogen (secondary N) is 1. The Bertz CT molecular complexity index is 311. The smallest absolute Gasteiger partial charge is 0.381 e. The maximum Gasteiger partial charge on any atom is 0.401 e. The summed E-state index contributed by atoms with van der Waals surface area (Å²) >= 11 is 0. The van der Waals surface area contributed by atoms with E-state index in [-0.39, 0.29) is 5.41 Å². The maximum atomic E-state index is 12.4. The molecular weight excluding hydrogens is 283 g/mol. The van der Waals surface area contributed by atoms with Gasteiger partial charge in [0.1, 0.15) is 0 Å². The molecule has 0 amide bonds. The SMILES string of the molecule is CCNCC1(CN2CCN(CC(F)(F)F)CC2)CCOC1. The minimum atomic E-state index is -4.09. The Hall–Kier alpha value is -0.370. The zero-order chi connectivity index (χ0) is 15.3. The van der Waals surface area contributed by atoms with Gasteiger partial charge in [-0.15, -0.1) is 0 Å². The Morgan fingerprint density at radius 2 is 1.81 bits per heavy atom. The Kier molecular flexibility index (Phi) is 5.88. The third-order valence-electron chi connectivity index (χ3n) is 4.36. The molecule has 0 bridgehead atoms. The summed E-state index contributed by atoms with van der Waals surface area (Å²) in [5, 5.41) is 3.39. The first-order valence-corrected chi connectivity index (χ1v) is 7.72. The second-order valence-electron chi connectivity index (χ2n) is 6.25. The highest BCUT2D eigenvalue weighted by Crippen LogP contribution is 2.29. The van der Waals surface area contributed by atoms with Crippen molar-refractivity contribution in [1.82, 2.24) is 15.1 Å². The van der Waals surface area contributed by atoms with Crippen LogP contribution in [0, 0.1) is 5.41 Å². The molecule has 1 N–H and O–H groups in total. The quantitative estimate of drug-likeness (QED) is 0.797. The number of hydrogen-bond donors (Lipinski definition) is 1. The lowest BCUT2D eigenvalue weighted by atomic mass is 9.86. The molecule has 0 aromatic heterocycles. The van der Waals surface area contributed by atoms with Gasteiger partial charge in [-0.1, -0.05) is 6.92 Å².